The SMILES string of the molecule is CC(=O)Oc1cc(C(=O)O/N=C(\C(=O)N[C@@H]2C(=O)N3C(C(=O)OC(c4ccccc4)c4ccccc4)=C(CSc4nnnn4C)CS[C@H]23)c2coc(N)n2)cc(OC(C)=O)c1OC(C)=O. The van der Waals surface area contributed by atoms with Crippen molar-refractivity contribution in [3.05, 3.63) is 113 Å². The Bertz CT molecular complexity index is 2680. The average Bonchev–Trinajstić information content (AvgIpc) is 3.91. The molecule has 3 N–H and O–H groups in total. The predicted octanol–water partition coefficient (Wildman–Crippen LogP) is 2.90. The molecule has 0 spiro atoms. The number of ether oxygens (including phenoxy) is 4. The van der Waals surface area contributed by atoms with Gasteiger partial charge in [-0.25, -0.2) is 14.3 Å². The Kier molecular flexibility index (Phi) is 13.7. The van der Waals surface area contributed by atoms with Crippen LogP contribution in [0.25, 0.3) is 0 Å². The highest BCUT2D eigenvalue weighted by Gasteiger charge is 2.55. The monoisotopic (exact) mass is 925 g/mol. The van der Waals surface area contributed by atoms with E-state index in [4.69, 9.17) is 33.9 Å². The van der Waals surface area contributed by atoms with Gasteiger partial charge in [0.05, 0.1) is 5.56 Å². The number of hydrogen-bond donors (Lipinski definition) is 2. The summed E-state index contributed by atoms with van der Waals surface area (Å²) in [5, 5.41) is 17.5. The number of anilines is 1. The number of nitrogen functional groups attached to an aromatic ring is 1. The molecule has 4 heterocycles. The van der Waals surface area contributed by atoms with Gasteiger partial charge >= 0.3 is 29.8 Å². The van der Waals surface area contributed by atoms with Crippen molar-refractivity contribution in [1.82, 2.24) is 35.4 Å². The molecular weight excluding hydrogens is 891 g/mol. The number of aryl methyl sites for hydroxylation is 1. The number of benzene rings is 3. The summed E-state index contributed by atoms with van der Waals surface area (Å²) in [5.74, 6) is -7.56. The molecule has 2 aromatic heterocycles. The molecule has 22 nitrogen and oxygen atoms in total. The highest BCUT2D eigenvalue weighted by atomic mass is 32.2. The molecule has 0 saturated carbocycles. The molecule has 65 heavy (non-hydrogen) atoms. The summed E-state index contributed by atoms with van der Waals surface area (Å²) in [6.07, 6.45) is 0.0968. The molecule has 24 heteroatoms. The smallest absolute Gasteiger partial charge is 0.366 e. The van der Waals surface area contributed by atoms with Crippen LogP contribution in [0.1, 0.15) is 54.1 Å². The van der Waals surface area contributed by atoms with E-state index in [2.05, 4.69) is 31.0 Å². The first-order chi connectivity index (χ1) is 31.2. The molecule has 2 aliphatic heterocycles. The molecule has 0 aliphatic carbocycles. The Morgan fingerprint density at radius 2 is 1.54 bits per heavy atom. The van der Waals surface area contributed by atoms with E-state index in [9.17, 15) is 33.6 Å². The summed E-state index contributed by atoms with van der Waals surface area (Å²) in [4.78, 5) is 102. The number of rotatable bonds is 15. The van der Waals surface area contributed by atoms with Crippen LogP contribution >= 0.6 is 23.5 Å². The predicted molar refractivity (Wildman–Crippen MR) is 226 cm³/mol. The van der Waals surface area contributed by atoms with Gasteiger partial charge in [0.2, 0.25) is 10.9 Å². The lowest BCUT2D eigenvalue weighted by atomic mass is 10.0. The van der Waals surface area contributed by atoms with Crippen LogP contribution in [0.5, 0.6) is 17.2 Å². The van der Waals surface area contributed by atoms with E-state index in [0.29, 0.717) is 21.9 Å². The van der Waals surface area contributed by atoms with E-state index in [0.717, 1.165) is 39.2 Å². The van der Waals surface area contributed by atoms with Gasteiger partial charge in [0, 0.05) is 39.3 Å². The second kappa shape index (κ2) is 19.7. The molecule has 0 radical (unpaired) electrons. The molecule has 1 fully saturated rings. The Balaban J connectivity index is 1.16. The van der Waals surface area contributed by atoms with E-state index >= 15 is 0 Å². The zero-order chi connectivity index (χ0) is 46.4. The second-order valence-electron chi connectivity index (χ2n) is 13.8. The number of nitrogens with zero attached hydrogens (tertiary/aromatic N) is 7. The molecule has 7 rings (SSSR count). The van der Waals surface area contributed by atoms with Crippen molar-refractivity contribution in [3.8, 4) is 17.2 Å². The van der Waals surface area contributed by atoms with Crippen molar-refractivity contribution in [3.63, 3.8) is 0 Å². The molecule has 334 valence electrons. The lowest BCUT2D eigenvalue weighted by Gasteiger charge is -2.49. The van der Waals surface area contributed by atoms with E-state index in [1.807, 2.05) is 60.7 Å². The van der Waals surface area contributed by atoms with Crippen LogP contribution < -0.4 is 25.3 Å². The van der Waals surface area contributed by atoms with Crippen molar-refractivity contribution in [1.29, 1.82) is 0 Å². The first-order valence-electron chi connectivity index (χ1n) is 19.1. The van der Waals surface area contributed by atoms with Crippen molar-refractivity contribution in [2.45, 2.75) is 43.4 Å². The molecule has 2 atom stereocenters. The van der Waals surface area contributed by atoms with Gasteiger partial charge in [0.25, 0.3) is 17.8 Å². The Morgan fingerprint density at radius 3 is 2.08 bits per heavy atom. The lowest BCUT2D eigenvalue weighted by molar-refractivity contribution is -0.154. The molecule has 3 aromatic carbocycles. The van der Waals surface area contributed by atoms with Gasteiger partial charge < -0.3 is 39.3 Å². The minimum Gasteiger partial charge on any atom is -0.448 e. The number of oxime groups is 1. The summed E-state index contributed by atoms with van der Waals surface area (Å²) in [7, 11) is 1.66. The molecule has 2 aliphatic rings. The number of β-lactam (4-membered cyclic amide) rings is 1. The zero-order valence-electron chi connectivity index (χ0n) is 34.5. The molecule has 0 bridgehead atoms. The highest BCUT2D eigenvalue weighted by molar-refractivity contribution is 8.01. The minimum atomic E-state index is -1.29. The molecule has 1 saturated heterocycles. The number of tetrazole rings is 1. The number of oxazole rings is 1. The third-order valence-electron chi connectivity index (χ3n) is 9.12. The first-order valence-corrected chi connectivity index (χ1v) is 21.1. The number of carbonyl (C=O) groups excluding carboxylic acids is 7. The van der Waals surface area contributed by atoms with Gasteiger partial charge in [-0.05, 0) is 39.3 Å². The molecule has 0 unspecified atom stereocenters. The van der Waals surface area contributed by atoms with Crippen molar-refractivity contribution in [2.24, 2.45) is 12.2 Å². The van der Waals surface area contributed by atoms with Crippen LogP contribution in [0.3, 0.4) is 0 Å². The van der Waals surface area contributed by atoms with Crippen LogP contribution in [-0.4, -0.2) is 100 Å². The number of thioether (sulfide) groups is 2. The largest absolute Gasteiger partial charge is 0.448 e. The Hall–Kier alpha value is -7.86. The van der Waals surface area contributed by atoms with E-state index in [1.54, 1.807) is 7.05 Å². The summed E-state index contributed by atoms with van der Waals surface area (Å²) in [6.45, 7) is 3.09. The number of aromatic nitrogens is 5. The molecule has 5 aromatic rings. The van der Waals surface area contributed by atoms with Crippen LogP contribution in [0.4, 0.5) is 6.01 Å². The van der Waals surface area contributed by atoms with E-state index < -0.39 is 93.7 Å². The zero-order valence-corrected chi connectivity index (χ0v) is 36.1. The topological polar surface area (TPSA) is 289 Å². The van der Waals surface area contributed by atoms with Gasteiger partial charge in [0.15, 0.2) is 23.3 Å². The highest BCUT2D eigenvalue weighted by Crippen LogP contribution is 2.43. The van der Waals surface area contributed by atoms with Crippen molar-refractivity contribution < 1.29 is 61.8 Å². The number of nitrogens with one attached hydrogen (secondary N) is 1. The molecule has 2 amide bonds. The van der Waals surface area contributed by atoms with Crippen LogP contribution in [0, 0.1) is 0 Å². The third-order valence-corrected chi connectivity index (χ3v) is 11.6. The summed E-state index contributed by atoms with van der Waals surface area (Å²) in [5.41, 5.74) is 6.15. The number of fused-ring (bicyclic) bond motifs is 1. The fraction of sp³-hybridized carbons (Fsp3) is 0.220. The summed E-state index contributed by atoms with van der Waals surface area (Å²) in [6, 6.07) is 18.4. The number of carbonyl (C=O) groups is 7. The number of amides is 2. The van der Waals surface area contributed by atoms with E-state index in [-0.39, 0.29) is 22.9 Å². The van der Waals surface area contributed by atoms with Gasteiger partial charge in [-0.3, -0.25) is 28.9 Å². The van der Waals surface area contributed by atoms with E-state index in [1.165, 1.54) is 33.1 Å². The Morgan fingerprint density at radius 1 is 0.923 bits per heavy atom. The maximum Gasteiger partial charge on any atom is 0.366 e. The lowest BCUT2D eigenvalue weighted by Crippen LogP contribution is -2.71. The van der Waals surface area contributed by atoms with Gasteiger partial charge in [-0.2, -0.15) is 4.98 Å². The summed E-state index contributed by atoms with van der Waals surface area (Å²) < 4.78 is 28.0. The van der Waals surface area contributed by atoms with Gasteiger partial charge in [-0.1, -0.05) is 77.6 Å². The van der Waals surface area contributed by atoms with Gasteiger partial charge in [-0.15, -0.1) is 16.9 Å². The number of nitrogens with two attached hydrogens (primary N) is 1. The van der Waals surface area contributed by atoms with Crippen LogP contribution in [0.15, 0.2) is 105 Å². The third kappa shape index (κ3) is 10.3. The van der Waals surface area contributed by atoms with Crippen molar-refractivity contribution >= 4 is 76.9 Å². The number of esters is 4. The standard InChI is InChI=1S/C41H35N9O13S2/c1-20(51)59-28-15-25(16-29(60-21(2)52)34(28)61-22(3)53)38(56)63-46-30(27-17-58-40(42)43-27)35(54)44-31-36(55)50-32(26(18-64-37(31)50)19-65-41-45-47-48-49(41)4)39(57)62-33(23-11-7-5-8-12-23)24-13-9-6-10-14-24/h5-17,31,33,37H,18-19H2,1-4H3,(H2,42,43)(H,44,54)/b46-30-/t31-,37-/m1/s1. The average molecular weight is 926 g/mol. The minimum absolute atomic E-state index is 0.0169. The quantitative estimate of drug-likeness (QED) is 0.0290. The fourth-order valence-corrected chi connectivity index (χ4v) is 8.71. The summed E-state index contributed by atoms with van der Waals surface area (Å²) >= 11 is 2.51. The van der Waals surface area contributed by atoms with Gasteiger partial charge in [0.1, 0.15) is 29.1 Å². The Labute approximate surface area is 375 Å². The van der Waals surface area contributed by atoms with Crippen LogP contribution in [0.2, 0.25) is 0 Å². The maximum absolute atomic E-state index is 14.4. The number of hydrogen-bond acceptors (Lipinski definition) is 21. The van der Waals surface area contributed by atoms with Crippen molar-refractivity contribution in [2.75, 3.05) is 17.2 Å². The first kappa shape index (κ1) is 45.2. The second-order valence-corrected chi connectivity index (χ2v) is 15.8. The molecular formula is C41H35N9O13S2. The fourth-order valence-electron chi connectivity index (χ4n) is 6.38. The van der Waals surface area contributed by atoms with Crippen LogP contribution in [-0.2, 0) is 45.4 Å². The normalized spacial score (nSPS) is 15.7. The maximum atomic E-state index is 14.4.